The number of methoxy groups -OCH3 is 1. The van der Waals surface area contributed by atoms with E-state index in [1.807, 2.05) is 39.0 Å². The van der Waals surface area contributed by atoms with E-state index in [9.17, 15) is 0 Å². The molecule has 106 valence electrons. The normalized spacial score (nSPS) is 10.4. The van der Waals surface area contributed by atoms with Gasteiger partial charge in [-0.2, -0.15) is 0 Å². The first-order chi connectivity index (χ1) is 9.55. The van der Waals surface area contributed by atoms with Gasteiger partial charge in [-0.3, -0.25) is 0 Å². The van der Waals surface area contributed by atoms with Crippen molar-refractivity contribution in [2.75, 3.05) is 18.2 Å². The molecule has 0 saturated carbocycles. The van der Waals surface area contributed by atoms with Gasteiger partial charge in [-0.25, -0.2) is 9.97 Å². The monoisotopic (exact) mass is 272 g/mol. The van der Waals surface area contributed by atoms with Gasteiger partial charge in [0.25, 0.3) is 0 Å². The molecule has 0 unspecified atom stereocenters. The molecule has 0 aliphatic rings. The third kappa shape index (κ3) is 2.82. The molecule has 5 heteroatoms. The zero-order valence-electron chi connectivity index (χ0n) is 12.3. The quantitative estimate of drug-likeness (QED) is 0.895. The molecule has 0 spiro atoms. The Balaban J connectivity index is 2.34. The lowest BCUT2D eigenvalue weighted by atomic mass is 10.2. The number of nitrogens with one attached hydrogen (secondary N) is 1. The van der Waals surface area contributed by atoms with Crippen molar-refractivity contribution in [2.45, 2.75) is 27.2 Å². The highest BCUT2D eigenvalue weighted by molar-refractivity contribution is 5.65. The van der Waals surface area contributed by atoms with Crippen LogP contribution >= 0.6 is 0 Å². The predicted molar refractivity (Wildman–Crippen MR) is 81.6 cm³/mol. The smallest absolute Gasteiger partial charge is 0.139 e. The third-order valence-electron chi connectivity index (χ3n) is 3.20. The van der Waals surface area contributed by atoms with Crippen molar-refractivity contribution in [2.24, 2.45) is 0 Å². The van der Waals surface area contributed by atoms with E-state index in [2.05, 4.69) is 15.3 Å². The number of nitrogens with zero attached hydrogens (tertiary/aromatic N) is 2. The first-order valence-electron chi connectivity index (χ1n) is 6.59. The number of rotatable bonds is 4. The van der Waals surface area contributed by atoms with Gasteiger partial charge in [-0.05, 0) is 37.6 Å². The fourth-order valence-corrected chi connectivity index (χ4v) is 1.95. The number of nitrogens with two attached hydrogens (primary N) is 1. The molecule has 5 nitrogen and oxygen atoms in total. The summed E-state index contributed by atoms with van der Waals surface area (Å²) in [6, 6.07) is 5.90. The van der Waals surface area contributed by atoms with Gasteiger partial charge in [-0.15, -0.1) is 0 Å². The van der Waals surface area contributed by atoms with Crippen molar-refractivity contribution in [3.05, 3.63) is 35.2 Å². The number of ether oxygens (including phenoxy) is 1. The second kappa shape index (κ2) is 5.77. The largest absolute Gasteiger partial charge is 0.496 e. The number of nitrogen functional groups attached to an aromatic ring is 1. The molecule has 0 bridgehead atoms. The van der Waals surface area contributed by atoms with Crippen molar-refractivity contribution in [3.63, 3.8) is 0 Å². The lowest BCUT2D eigenvalue weighted by Crippen LogP contribution is -2.06. The van der Waals surface area contributed by atoms with E-state index in [1.54, 1.807) is 7.11 Å². The van der Waals surface area contributed by atoms with Crippen LogP contribution in [0.4, 0.5) is 17.3 Å². The Bertz CT molecular complexity index is 626. The topological polar surface area (TPSA) is 73.1 Å². The average molecular weight is 272 g/mol. The van der Waals surface area contributed by atoms with E-state index < -0.39 is 0 Å². The minimum atomic E-state index is 0.518. The molecule has 0 atom stereocenters. The fourth-order valence-electron chi connectivity index (χ4n) is 1.95. The molecule has 0 amide bonds. The van der Waals surface area contributed by atoms with Crippen LogP contribution in [-0.4, -0.2) is 17.1 Å². The van der Waals surface area contributed by atoms with Crippen molar-refractivity contribution in [1.29, 1.82) is 0 Å². The van der Waals surface area contributed by atoms with E-state index in [-0.39, 0.29) is 0 Å². The summed E-state index contributed by atoms with van der Waals surface area (Å²) in [4.78, 5) is 8.73. The highest BCUT2D eigenvalue weighted by atomic mass is 16.5. The molecule has 3 N–H and O–H groups in total. The summed E-state index contributed by atoms with van der Waals surface area (Å²) in [5, 5.41) is 3.29. The molecule has 2 aromatic rings. The summed E-state index contributed by atoms with van der Waals surface area (Å²) < 4.78 is 5.26. The second-order valence-electron chi connectivity index (χ2n) is 4.66. The zero-order chi connectivity index (χ0) is 14.7. The van der Waals surface area contributed by atoms with E-state index in [0.29, 0.717) is 5.82 Å². The zero-order valence-corrected chi connectivity index (χ0v) is 12.3. The number of aromatic nitrogens is 2. The Kier molecular flexibility index (Phi) is 4.08. The Morgan fingerprint density at radius 1 is 1.25 bits per heavy atom. The molecule has 0 aliphatic heterocycles. The maximum atomic E-state index is 5.92. The predicted octanol–water partition coefficient (Wildman–Crippen LogP) is 2.99. The Morgan fingerprint density at radius 2 is 2.00 bits per heavy atom. The van der Waals surface area contributed by atoms with Crippen LogP contribution in [0.25, 0.3) is 0 Å². The van der Waals surface area contributed by atoms with Crippen LogP contribution in [0.5, 0.6) is 5.75 Å². The summed E-state index contributed by atoms with van der Waals surface area (Å²) in [6.45, 7) is 5.92. The van der Waals surface area contributed by atoms with Crippen molar-refractivity contribution >= 4 is 17.3 Å². The van der Waals surface area contributed by atoms with Crippen LogP contribution in [-0.2, 0) is 6.42 Å². The molecule has 1 aromatic carbocycles. The van der Waals surface area contributed by atoms with Crippen molar-refractivity contribution in [1.82, 2.24) is 9.97 Å². The van der Waals surface area contributed by atoms with Crippen LogP contribution in [0, 0.1) is 13.8 Å². The van der Waals surface area contributed by atoms with Gasteiger partial charge < -0.3 is 15.8 Å². The van der Waals surface area contributed by atoms with E-state index in [4.69, 9.17) is 10.5 Å². The van der Waals surface area contributed by atoms with Gasteiger partial charge in [0.2, 0.25) is 0 Å². The lowest BCUT2D eigenvalue weighted by molar-refractivity contribution is 0.412. The van der Waals surface area contributed by atoms with Crippen LogP contribution in [0.2, 0.25) is 0 Å². The fraction of sp³-hybridized carbons (Fsp3) is 0.333. The Hall–Kier alpha value is -2.30. The summed E-state index contributed by atoms with van der Waals surface area (Å²) in [7, 11) is 1.66. The molecule has 0 saturated heterocycles. The SMILES string of the molecule is CCc1nc(N)c(C)c(Nc2ccc(OC)c(C)c2)n1. The second-order valence-corrected chi connectivity index (χ2v) is 4.66. The van der Waals surface area contributed by atoms with Gasteiger partial charge in [-0.1, -0.05) is 6.92 Å². The van der Waals surface area contributed by atoms with Gasteiger partial charge in [0.15, 0.2) is 0 Å². The molecule has 2 rings (SSSR count). The van der Waals surface area contributed by atoms with Crippen molar-refractivity contribution in [3.8, 4) is 5.75 Å². The number of hydrogen-bond donors (Lipinski definition) is 2. The first kappa shape index (κ1) is 14.1. The molecule has 1 heterocycles. The molecule has 20 heavy (non-hydrogen) atoms. The highest BCUT2D eigenvalue weighted by Gasteiger charge is 2.09. The summed E-state index contributed by atoms with van der Waals surface area (Å²) in [6.07, 6.45) is 0.751. The third-order valence-corrected chi connectivity index (χ3v) is 3.20. The minimum Gasteiger partial charge on any atom is -0.496 e. The molecule has 0 aliphatic carbocycles. The van der Waals surface area contributed by atoms with E-state index in [1.165, 1.54) is 0 Å². The van der Waals surface area contributed by atoms with Crippen LogP contribution < -0.4 is 15.8 Å². The number of hydrogen-bond acceptors (Lipinski definition) is 5. The summed E-state index contributed by atoms with van der Waals surface area (Å²) in [5.74, 6) is 2.87. The van der Waals surface area contributed by atoms with Crippen LogP contribution in [0.15, 0.2) is 18.2 Å². The van der Waals surface area contributed by atoms with Crippen molar-refractivity contribution < 1.29 is 4.74 Å². The van der Waals surface area contributed by atoms with Gasteiger partial charge in [0.1, 0.15) is 23.2 Å². The highest BCUT2D eigenvalue weighted by Crippen LogP contribution is 2.26. The van der Waals surface area contributed by atoms with Gasteiger partial charge in [0.05, 0.1) is 7.11 Å². The number of anilines is 3. The molecular formula is C15H20N4O. The first-order valence-corrected chi connectivity index (χ1v) is 6.59. The molecular weight excluding hydrogens is 252 g/mol. The van der Waals surface area contributed by atoms with Crippen LogP contribution in [0.3, 0.4) is 0 Å². The minimum absolute atomic E-state index is 0.518. The van der Waals surface area contributed by atoms with E-state index >= 15 is 0 Å². The van der Waals surface area contributed by atoms with Gasteiger partial charge >= 0.3 is 0 Å². The summed E-state index contributed by atoms with van der Waals surface area (Å²) in [5.41, 5.74) is 8.79. The Labute approximate surface area is 119 Å². The molecule has 0 radical (unpaired) electrons. The number of benzene rings is 1. The Morgan fingerprint density at radius 3 is 2.60 bits per heavy atom. The lowest BCUT2D eigenvalue weighted by Gasteiger charge is -2.13. The molecule has 1 aromatic heterocycles. The summed E-state index contributed by atoms with van der Waals surface area (Å²) >= 11 is 0. The molecule has 0 fully saturated rings. The van der Waals surface area contributed by atoms with E-state index in [0.717, 1.165) is 40.6 Å². The number of aryl methyl sites for hydroxylation is 2. The maximum Gasteiger partial charge on any atom is 0.139 e. The van der Waals surface area contributed by atoms with Gasteiger partial charge in [0, 0.05) is 17.7 Å². The average Bonchev–Trinajstić information content (AvgIpc) is 2.43. The maximum absolute atomic E-state index is 5.92. The van der Waals surface area contributed by atoms with Crippen LogP contribution in [0.1, 0.15) is 23.9 Å². The standard InChI is InChI=1S/C15H20N4O/c1-5-13-18-14(16)10(3)15(19-13)17-11-6-7-12(20-4)9(2)8-11/h6-8H,5H2,1-4H3,(H3,16,17,18,19).